The Labute approximate surface area is 174 Å². The third kappa shape index (κ3) is 7.80. The Bertz CT molecular complexity index is 589. The number of nitrogens with zero attached hydrogens (tertiary/aromatic N) is 2. The molecule has 1 aromatic rings. The molecule has 1 aliphatic rings. The summed E-state index contributed by atoms with van der Waals surface area (Å²) in [6.45, 7) is 8.24. The van der Waals surface area contributed by atoms with Crippen LogP contribution >= 0.6 is 24.0 Å². The second kappa shape index (κ2) is 12.0. The number of hydrogen-bond acceptors (Lipinski definition) is 3. The van der Waals surface area contributed by atoms with Crippen molar-refractivity contribution in [2.24, 2.45) is 10.9 Å². The van der Waals surface area contributed by atoms with Crippen molar-refractivity contribution in [3.63, 3.8) is 0 Å². The fourth-order valence-electron chi connectivity index (χ4n) is 2.68. The average molecular weight is 473 g/mol. The van der Waals surface area contributed by atoms with Crippen molar-refractivity contribution in [1.82, 2.24) is 16.0 Å². The van der Waals surface area contributed by atoms with Crippen molar-refractivity contribution in [2.45, 2.75) is 26.7 Å². The summed E-state index contributed by atoms with van der Waals surface area (Å²) in [5, 5.41) is 9.50. The minimum absolute atomic E-state index is 0. The van der Waals surface area contributed by atoms with E-state index < -0.39 is 0 Å². The molecule has 0 aromatic heterocycles. The van der Waals surface area contributed by atoms with Crippen LogP contribution in [-0.4, -0.2) is 51.6 Å². The quantitative estimate of drug-likeness (QED) is 0.223. The summed E-state index contributed by atoms with van der Waals surface area (Å²) in [5.41, 5.74) is 2.52. The lowest BCUT2D eigenvalue weighted by atomic mass is 10.2. The fourth-order valence-corrected chi connectivity index (χ4v) is 2.68. The number of likely N-dealkylation sites (N-methyl/N-ethyl adjacent to an activating group) is 1. The van der Waals surface area contributed by atoms with E-state index in [0.29, 0.717) is 13.1 Å². The molecule has 0 aliphatic heterocycles. The molecule has 1 aliphatic carbocycles. The highest BCUT2D eigenvalue weighted by Gasteiger charge is 2.28. The zero-order valence-corrected chi connectivity index (χ0v) is 18.4. The van der Waals surface area contributed by atoms with Gasteiger partial charge < -0.3 is 20.9 Å². The van der Waals surface area contributed by atoms with Crippen LogP contribution in [0, 0.1) is 12.8 Å². The molecule has 1 fully saturated rings. The summed E-state index contributed by atoms with van der Waals surface area (Å²) in [7, 11) is 1.76. The number of amides is 1. The van der Waals surface area contributed by atoms with Gasteiger partial charge >= 0.3 is 0 Å². The number of anilines is 1. The number of aliphatic imine (C=N–C) groups is 1. The minimum Gasteiger partial charge on any atom is -0.370 e. The molecule has 26 heavy (non-hydrogen) atoms. The minimum atomic E-state index is 0. The van der Waals surface area contributed by atoms with Gasteiger partial charge in [0.15, 0.2) is 5.96 Å². The molecule has 0 saturated heterocycles. The van der Waals surface area contributed by atoms with E-state index in [9.17, 15) is 4.79 Å². The van der Waals surface area contributed by atoms with Gasteiger partial charge in [-0.3, -0.25) is 9.79 Å². The van der Waals surface area contributed by atoms with Crippen molar-refractivity contribution in [3.8, 4) is 0 Å². The maximum absolute atomic E-state index is 11.6. The first kappa shape index (κ1) is 22.5. The number of carbonyl (C=O) groups excluding carboxylic acids is 1. The summed E-state index contributed by atoms with van der Waals surface area (Å²) >= 11 is 0. The number of rotatable bonds is 9. The van der Waals surface area contributed by atoms with E-state index >= 15 is 0 Å². The largest absolute Gasteiger partial charge is 0.370 e. The molecule has 1 amide bonds. The maximum Gasteiger partial charge on any atom is 0.223 e. The van der Waals surface area contributed by atoms with Crippen LogP contribution in [-0.2, 0) is 4.79 Å². The standard InChI is InChI=1S/C19H31N5O.HI/c1-4-24(17-7-5-6-15(2)14-17)13-12-23-19(20-3)22-11-10-21-18(25)16-8-9-16;/h5-7,14,16H,4,8-13H2,1-3H3,(H,21,25)(H2,20,22,23);1H. The first-order chi connectivity index (χ1) is 12.1. The number of aryl methyl sites for hydroxylation is 1. The molecular weight excluding hydrogens is 441 g/mol. The zero-order chi connectivity index (χ0) is 18.1. The molecule has 0 unspecified atom stereocenters. The van der Waals surface area contributed by atoms with Crippen molar-refractivity contribution >= 4 is 41.5 Å². The van der Waals surface area contributed by atoms with E-state index in [4.69, 9.17) is 0 Å². The van der Waals surface area contributed by atoms with Crippen LogP contribution in [0.2, 0.25) is 0 Å². The van der Waals surface area contributed by atoms with Crippen LogP contribution in [0.5, 0.6) is 0 Å². The van der Waals surface area contributed by atoms with Crippen LogP contribution in [0.4, 0.5) is 5.69 Å². The monoisotopic (exact) mass is 473 g/mol. The van der Waals surface area contributed by atoms with Crippen LogP contribution < -0.4 is 20.9 Å². The second-order valence-electron chi connectivity index (χ2n) is 6.41. The Morgan fingerprint density at radius 3 is 2.50 bits per heavy atom. The molecule has 0 heterocycles. The van der Waals surface area contributed by atoms with Crippen LogP contribution in [0.25, 0.3) is 0 Å². The number of benzene rings is 1. The van der Waals surface area contributed by atoms with E-state index in [1.807, 2.05) is 0 Å². The summed E-state index contributed by atoms with van der Waals surface area (Å²) in [4.78, 5) is 18.1. The highest BCUT2D eigenvalue weighted by Crippen LogP contribution is 2.28. The van der Waals surface area contributed by atoms with Gasteiger partial charge in [0.25, 0.3) is 0 Å². The van der Waals surface area contributed by atoms with Crippen molar-refractivity contribution in [2.75, 3.05) is 44.7 Å². The number of nitrogens with one attached hydrogen (secondary N) is 3. The van der Waals surface area contributed by atoms with E-state index in [1.54, 1.807) is 7.05 Å². The topological polar surface area (TPSA) is 68.8 Å². The number of hydrogen-bond donors (Lipinski definition) is 3. The average Bonchev–Trinajstić information content (AvgIpc) is 3.45. The predicted molar refractivity (Wildman–Crippen MR) is 120 cm³/mol. The smallest absolute Gasteiger partial charge is 0.223 e. The van der Waals surface area contributed by atoms with Crippen LogP contribution in [0.1, 0.15) is 25.3 Å². The lowest BCUT2D eigenvalue weighted by Gasteiger charge is -2.24. The highest BCUT2D eigenvalue weighted by molar-refractivity contribution is 14.0. The van der Waals surface area contributed by atoms with Gasteiger partial charge in [-0.15, -0.1) is 24.0 Å². The van der Waals surface area contributed by atoms with Gasteiger partial charge in [-0.05, 0) is 44.4 Å². The van der Waals surface area contributed by atoms with E-state index in [1.165, 1.54) is 11.3 Å². The molecule has 1 saturated carbocycles. The van der Waals surface area contributed by atoms with Crippen molar-refractivity contribution in [1.29, 1.82) is 0 Å². The predicted octanol–water partition coefficient (Wildman–Crippen LogP) is 2.13. The molecule has 146 valence electrons. The van der Waals surface area contributed by atoms with Crippen LogP contribution in [0.3, 0.4) is 0 Å². The van der Waals surface area contributed by atoms with E-state index in [-0.39, 0.29) is 35.8 Å². The molecule has 1 aromatic carbocycles. The highest BCUT2D eigenvalue weighted by atomic mass is 127. The number of guanidine groups is 1. The molecule has 6 nitrogen and oxygen atoms in total. The third-order valence-corrected chi connectivity index (χ3v) is 4.31. The molecule has 0 bridgehead atoms. The molecule has 2 rings (SSSR count). The summed E-state index contributed by atoms with van der Waals surface area (Å²) < 4.78 is 0. The first-order valence-electron chi connectivity index (χ1n) is 9.18. The van der Waals surface area contributed by atoms with Gasteiger partial charge in [0.2, 0.25) is 5.91 Å². The first-order valence-corrected chi connectivity index (χ1v) is 9.18. The summed E-state index contributed by atoms with van der Waals surface area (Å²) in [6, 6.07) is 8.56. The summed E-state index contributed by atoms with van der Waals surface area (Å²) in [6.07, 6.45) is 2.08. The molecular formula is C19H32IN5O. The molecule has 3 N–H and O–H groups in total. The van der Waals surface area contributed by atoms with Gasteiger partial charge in [0, 0.05) is 51.4 Å². The normalized spacial score (nSPS) is 13.6. The SMILES string of the molecule is CCN(CCNC(=NC)NCCNC(=O)C1CC1)c1cccc(C)c1.I. The van der Waals surface area contributed by atoms with Gasteiger partial charge in [-0.2, -0.15) is 0 Å². The number of carbonyl (C=O) groups is 1. The Kier molecular flexibility index (Phi) is 10.4. The molecule has 7 heteroatoms. The Hall–Kier alpha value is -1.51. The molecule has 0 atom stereocenters. The summed E-state index contributed by atoms with van der Waals surface area (Å²) in [5.74, 6) is 1.21. The van der Waals surface area contributed by atoms with Crippen LogP contribution in [0.15, 0.2) is 29.3 Å². The Morgan fingerprint density at radius 1 is 1.19 bits per heavy atom. The van der Waals surface area contributed by atoms with Crippen molar-refractivity contribution in [3.05, 3.63) is 29.8 Å². The van der Waals surface area contributed by atoms with E-state index in [2.05, 4.69) is 64.0 Å². The van der Waals surface area contributed by atoms with Gasteiger partial charge in [0.05, 0.1) is 0 Å². The van der Waals surface area contributed by atoms with Gasteiger partial charge in [-0.25, -0.2) is 0 Å². The fraction of sp³-hybridized carbons (Fsp3) is 0.579. The molecule has 0 spiro atoms. The zero-order valence-electron chi connectivity index (χ0n) is 16.0. The van der Waals surface area contributed by atoms with E-state index in [0.717, 1.165) is 38.4 Å². The van der Waals surface area contributed by atoms with Crippen molar-refractivity contribution < 1.29 is 4.79 Å². The Balaban J connectivity index is 0.00000338. The van der Waals surface area contributed by atoms with Gasteiger partial charge in [-0.1, -0.05) is 12.1 Å². The third-order valence-electron chi connectivity index (χ3n) is 4.31. The lowest BCUT2D eigenvalue weighted by molar-refractivity contribution is -0.122. The number of halogens is 1. The van der Waals surface area contributed by atoms with Gasteiger partial charge in [0.1, 0.15) is 0 Å². The second-order valence-corrected chi connectivity index (χ2v) is 6.41. The lowest BCUT2D eigenvalue weighted by Crippen LogP contribution is -2.44. The Morgan fingerprint density at radius 2 is 1.88 bits per heavy atom. The molecule has 0 radical (unpaired) electrons. The maximum atomic E-state index is 11.6.